The molecule has 0 bridgehead atoms. The van der Waals surface area contributed by atoms with Crippen LogP contribution in [0.1, 0.15) is 115 Å². The Morgan fingerprint density at radius 2 is 1.18 bits per heavy atom. The monoisotopic (exact) mass is 731 g/mol. The van der Waals surface area contributed by atoms with Crippen LogP contribution in [0.3, 0.4) is 0 Å². The number of methoxy groups -OCH3 is 2. The number of ether oxygens (including phenoxy) is 4. The highest BCUT2D eigenvalue weighted by atomic mass is 28.4. The summed E-state index contributed by atoms with van der Waals surface area (Å²) in [5.41, 5.74) is -1.05. The van der Waals surface area contributed by atoms with Gasteiger partial charge in [0.15, 0.2) is 22.4 Å². The molecular weight excluding hydrogens is 653 g/mol. The predicted molar refractivity (Wildman–Crippen MR) is 209 cm³/mol. The Labute approximate surface area is 304 Å². The molecule has 0 aromatic carbocycles. The van der Waals surface area contributed by atoms with Gasteiger partial charge in [-0.2, -0.15) is 0 Å². The van der Waals surface area contributed by atoms with Crippen molar-refractivity contribution >= 4 is 22.4 Å². The summed E-state index contributed by atoms with van der Waals surface area (Å²) in [7, 11) is -0.627. The van der Waals surface area contributed by atoms with E-state index in [-0.39, 0.29) is 35.5 Å². The van der Waals surface area contributed by atoms with Crippen LogP contribution in [0.25, 0.3) is 0 Å². The lowest BCUT2D eigenvalue weighted by atomic mass is 9.77. The Morgan fingerprint density at radius 1 is 0.755 bits per heavy atom. The third-order valence-electron chi connectivity index (χ3n) is 11.4. The summed E-state index contributed by atoms with van der Waals surface area (Å²) in [5, 5.41) is 11.0. The van der Waals surface area contributed by atoms with Crippen molar-refractivity contribution in [2.75, 3.05) is 27.4 Å². The molecule has 0 saturated carbocycles. The molecule has 2 rings (SSSR count). The van der Waals surface area contributed by atoms with Gasteiger partial charge in [-0.1, -0.05) is 88.8 Å². The fourth-order valence-electron chi connectivity index (χ4n) is 5.84. The molecule has 1 N–H and O–H groups in total. The van der Waals surface area contributed by atoms with Gasteiger partial charge in [0.25, 0.3) is 0 Å². The first kappa shape index (κ1) is 48.3. The van der Waals surface area contributed by atoms with Gasteiger partial charge in [0.1, 0.15) is 6.10 Å². The average molecular weight is 731 g/mol. The van der Waals surface area contributed by atoms with E-state index in [9.17, 15) is 9.90 Å². The minimum Gasteiger partial charge on any atom is -0.416 e. The molecule has 3 unspecified atom stereocenters. The highest BCUT2D eigenvalue weighted by Crippen LogP contribution is 2.47. The molecule has 2 heterocycles. The first-order valence-corrected chi connectivity index (χ1v) is 23.6. The molecule has 49 heavy (non-hydrogen) atoms. The van der Waals surface area contributed by atoms with Crippen molar-refractivity contribution in [1.29, 1.82) is 0 Å². The molecule has 0 aliphatic carbocycles. The van der Waals surface area contributed by atoms with Crippen LogP contribution in [0.2, 0.25) is 36.3 Å². The number of carbonyl (C=O) groups excluding carboxylic acids is 1. The fourth-order valence-corrected chi connectivity index (χ4v) is 8.14. The van der Waals surface area contributed by atoms with Crippen molar-refractivity contribution in [3.05, 3.63) is 25.3 Å². The average Bonchev–Trinajstić information content (AvgIpc) is 2.96. The third kappa shape index (κ3) is 11.2. The molecule has 0 aromatic rings. The number of hydrogen-bond acceptors (Lipinski definition) is 8. The molecule has 0 amide bonds. The second kappa shape index (κ2) is 17.9. The fraction of sp³-hybridized carbons (Fsp3) is 0.872. The molecule has 2 aliphatic rings. The second-order valence-corrected chi connectivity index (χ2v) is 27.8. The topological polar surface area (TPSA) is 92.7 Å². The number of aliphatic hydroxyl groups is 1. The zero-order valence-corrected chi connectivity index (χ0v) is 35.8. The Morgan fingerprint density at radius 3 is 1.57 bits per heavy atom. The third-order valence-corrected chi connectivity index (χ3v) is 20.4. The second-order valence-electron chi connectivity index (χ2n) is 18.1. The van der Waals surface area contributed by atoms with Gasteiger partial charge < -0.3 is 32.9 Å². The Hall–Kier alpha value is -0.696. The first-order chi connectivity index (χ1) is 21.7. The van der Waals surface area contributed by atoms with Gasteiger partial charge in [-0.25, -0.2) is 0 Å². The first-order valence-electron chi connectivity index (χ1n) is 17.8. The van der Waals surface area contributed by atoms with E-state index in [4.69, 9.17) is 27.8 Å². The zero-order chi connectivity index (χ0) is 37.6. The SMILES string of the molecule is C.C=CCC1CCC(=O)[C@](OC)(C(C)(C)CO[Si](C)(C)C(C)(C)C)O1.C=CCC1CCC(O)[C@](OC)(C(C)(C)CO[Si](C)(C)C(C)(C)C)O1. The number of hydrogen-bond donors (Lipinski definition) is 1. The van der Waals surface area contributed by atoms with Crippen LogP contribution in [0, 0.1) is 10.8 Å². The maximum absolute atomic E-state index is 12.7. The van der Waals surface area contributed by atoms with Crippen LogP contribution in [-0.2, 0) is 32.6 Å². The molecule has 10 heteroatoms. The lowest BCUT2D eigenvalue weighted by molar-refractivity contribution is -0.359. The lowest BCUT2D eigenvalue weighted by Gasteiger charge is -2.53. The van der Waals surface area contributed by atoms with E-state index in [1.54, 1.807) is 14.2 Å². The van der Waals surface area contributed by atoms with Gasteiger partial charge in [-0.3, -0.25) is 4.79 Å². The summed E-state index contributed by atoms with van der Waals surface area (Å²) in [6, 6.07) is 0. The quantitative estimate of drug-likeness (QED) is 0.140. The molecule has 5 atom stereocenters. The summed E-state index contributed by atoms with van der Waals surface area (Å²) in [4.78, 5) is 12.7. The van der Waals surface area contributed by atoms with Gasteiger partial charge in [-0.05, 0) is 68.4 Å². The molecule has 290 valence electrons. The van der Waals surface area contributed by atoms with Crippen LogP contribution in [0.4, 0.5) is 0 Å². The molecule has 8 nitrogen and oxygen atoms in total. The molecule has 0 aromatic heterocycles. The number of ketones is 1. The number of carbonyl (C=O) groups is 1. The Kier molecular flexibility index (Phi) is 17.6. The predicted octanol–water partition coefficient (Wildman–Crippen LogP) is 9.83. The highest BCUT2D eigenvalue weighted by Gasteiger charge is 2.58. The van der Waals surface area contributed by atoms with Gasteiger partial charge in [0.2, 0.25) is 11.6 Å². The van der Waals surface area contributed by atoms with Gasteiger partial charge in [-0.15, -0.1) is 13.2 Å². The number of Topliss-reactive ketones (excluding diaryl/α,β-unsaturated/α-hetero) is 1. The zero-order valence-electron chi connectivity index (χ0n) is 33.8. The minimum absolute atomic E-state index is 0. The molecule has 0 spiro atoms. The van der Waals surface area contributed by atoms with Crippen LogP contribution < -0.4 is 0 Å². The van der Waals surface area contributed by atoms with Crippen molar-refractivity contribution in [2.45, 2.75) is 181 Å². The molecule has 0 radical (unpaired) electrons. The van der Waals surface area contributed by atoms with Gasteiger partial charge in [0, 0.05) is 44.7 Å². The standard InChI is InChI=1S/C19H38O4Si.C19H36O4Si.CH4/c2*1-10-11-15-12-13-16(20)19(21-7,23-15)18(5,6)14-22-24(8,9)17(2,3)4;/h10,15-16,20H,1,11-14H2,2-9H3;10,15H,1,11-14H2,2-9H3;1H4/t15?,16?,19-;15?,19-;/m11./s1. The lowest BCUT2D eigenvalue weighted by Crippen LogP contribution is -2.63. The summed E-state index contributed by atoms with van der Waals surface area (Å²) >= 11 is 0. The van der Waals surface area contributed by atoms with Crippen LogP contribution in [0.15, 0.2) is 25.3 Å². The normalized spacial score (nSPS) is 27.4. The van der Waals surface area contributed by atoms with E-state index in [1.165, 1.54) is 0 Å². The summed E-state index contributed by atoms with van der Waals surface area (Å²) in [6.07, 6.45) is 7.17. The summed E-state index contributed by atoms with van der Waals surface area (Å²) in [6.45, 7) is 38.8. The van der Waals surface area contributed by atoms with E-state index in [2.05, 4.69) is 94.7 Å². The summed E-state index contributed by atoms with van der Waals surface area (Å²) in [5.74, 6) is -2.29. The van der Waals surface area contributed by atoms with E-state index in [0.29, 0.717) is 26.1 Å². The number of aliphatic hydroxyl groups excluding tert-OH is 1. The van der Waals surface area contributed by atoms with E-state index in [1.807, 2.05) is 26.0 Å². The van der Waals surface area contributed by atoms with Crippen molar-refractivity contribution in [3.8, 4) is 0 Å². The van der Waals surface area contributed by atoms with Gasteiger partial charge >= 0.3 is 0 Å². The maximum atomic E-state index is 12.7. The van der Waals surface area contributed by atoms with Crippen LogP contribution >= 0.6 is 0 Å². The summed E-state index contributed by atoms with van der Waals surface area (Å²) < 4.78 is 36.8. The Balaban J connectivity index is 0.000000922. The van der Waals surface area contributed by atoms with Gasteiger partial charge in [0.05, 0.1) is 12.2 Å². The van der Waals surface area contributed by atoms with E-state index < -0.39 is 45.1 Å². The van der Waals surface area contributed by atoms with Crippen LogP contribution in [0.5, 0.6) is 0 Å². The molecular formula is C39H78O8Si2. The smallest absolute Gasteiger partial charge is 0.236 e. The van der Waals surface area contributed by atoms with E-state index >= 15 is 0 Å². The molecule has 2 aliphatic heterocycles. The molecule has 2 fully saturated rings. The van der Waals surface area contributed by atoms with E-state index in [0.717, 1.165) is 25.7 Å². The van der Waals surface area contributed by atoms with Crippen LogP contribution in [-0.4, -0.2) is 84.8 Å². The largest absolute Gasteiger partial charge is 0.416 e. The van der Waals surface area contributed by atoms with Crippen molar-refractivity contribution in [2.24, 2.45) is 10.8 Å². The van der Waals surface area contributed by atoms with Crippen molar-refractivity contribution in [1.82, 2.24) is 0 Å². The number of rotatable bonds is 14. The van der Waals surface area contributed by atoms with Crippen molar-refractivity contribution < 1.29 is 37.7 Å². The molecule has 2 saturated heterocycles. The van der Waals surface area contributed by atoms with Crippen molar-refractivity contribution in [3.63, 3.8) is 0 Å². The Bertz CT molecular complexity index is 1060. The maximum Gasteiger partial charge on any atom is 0.236 e. The highest BCUT2D eigenvalue weighted by molar-refractivity contribution is 6.74. The minimum atomic E-state index is -1.92.